The Hall–Kier alpha value is -0.430. The molecule has 0 aromatic rings. The molecule has 0 radical (unpaired) electrons. The van der Waals surface area contributed by atoms with Crippen LogP contribution < -0.4 is 0 Å². The van der Waals surface area contributed by atoms with Gasteiger partial charge in [-0.05, 0) is 30.6 Å². The fourth-order valence-electron chi connectivity index (χ4n) is 1.68. The number of hydrogen-bond acceptors (Lipinski definition) is 1. The third kappa shape index (κ3) is 5.27. The van der Waals surface area contributed by atoms with E-state index >= 15 is 0 Å². The molecule has 1 atom stereocenters. The van der Waals surface area contributed by atoms with E-state index < -0.39 is 0 Å². The highest BCUT2D eigenvalue weighted by Crippen LogP contribution is 2.35. The third-order valence-electron chi connectivity index (χ3n) is 2.58. The maximum absolute atomic E-state index is 4.45. The summed E-state index contributed by atoms with van der Waals surface area (Å²) >= 11 is 4.45. The Morgan fingerprint density at radius 3 is 2.40 bits per heavy atom. The van der Waals surface area contributed by atoms with Crippen LogP contribution in [0.3, 0.4) is 0 Å². The zero-order chi connectivity index (χ0) is 11.9. The molecule has 15 heavy (non-hydrogen) atoms. The van der Waals surface area contributed by atoms with Crippen molar-refractivity contribution in [1.29, 1.82) is 0 Å². The maximum atomic E-state index is 4.45. The van der Waals surface area contributed by atoms with E-state index in [2.05, 4.69) is 46.1 Å². The van der Waals surface area contributed by atoms with Gasteiger partial charge in [-0.1, -0.05) is 51.7 Å². The summed E-state index contributed by atoms with van der Waals surface area (Å²) in [5.74, 6) is 1.53. The van der Waals surface area contributed by atoms with Crippen LogP contribution in [0.1, 0.15) is 34.1 Å². The summed E-state index contributed by atoms with van der Waals surface area (Å²) in [6, 6.07) is 0. The molecule has 0 N–H and O–H groups in total. The standard InChI is InChI=1S/C14H24S/c1-6-7-8-9-13(4)14(5,11-15)10-12(2)3/h6-9,12,15H,4,10-11H2,1-3,5H3/b7-6-,9-8-. The van der Waals surface area contributed by atoms with E-state index in [1.165, 1.54) is 5.57 Å². The van der Waals surface area contributed by atoms with Gasteiger partial charge in [-0.15, -0.1) is 0 Å². The van der Waals surface area contributed by atoms with Crippen molar-refractivity contribution in [3.05, 3.63) is 36.5 Å². The first kappa shape index (κ1) is 14.6. The predicted molar refractivity (Wildman–Crippen MR) is 74.5 cm³/mol. The molecule has 0 aromatic carbocycles. The molecule has 0 saturated carbocycles. The SMILES string of the molecule is C=C(/C=C\C=C/C)C(C)(CS)CC(C)C. The molecule has 1 heteroatoms. The van der Waals surface area contributed by atoms with Crippen molar-refractivity contribution in [2.45, 2.75) is 34.1 Å². The highest BCUT2D eigenvalue weighted by Gasteiger charge is 2.25. The van der Waals surface area contributed by atoms with Gasteiger partial charge in [0.1, 0.15) is 0 Å². The molecule has 0 nitrogen and oxygen atoms in total. The van der Waals surface area contributed by atoms with Gasteiger partial charge in [0.15, 0.2) is 0 Å². The lowest BCUT2D eigenvalue weighted by atomic mass is 9.77. The molecular weight excluding hydrogens is 200 g/mol. The average molecular weight is 224 g/mol. The summed E-state index contributed by atoms with van der Waals surface area (Å²) in [6.45, 7) is 12.9. The first-order valence-corrected chi connectivity index (χ1v) is 6.19. The van der Waals surface area contributed by atoms with Gasteiger partial charge in [-0.3, -0.25) is 0 Å². The first-order valence-electron chi connectivity index (χ1n) is 5.56. The molecule has 0 aromatic heterocycles. The molecule has 0 aliphatic rings. The van der Waals surface area contributed by atoms with E-state index in [1.54, 1.807) is 0 Å². The van der Waals surface area contributed by atoms with E-state index in [0.29, 0.717) is 5.92 Å². The van der Waals surface area contributed by atoms with Crippen LogP contribution in [-0.4, -0.2) is 5.75 Å². The normalized spacial score (nSPS) is 16.4. The molecule has 0 spiro atoms. The zero-order valence-electron chi connectivity index (χ0n) is 10.5. The van der Waals surface area contributed by atoms with Crippen LogP contribution in [0.5, 0.6) is 0 Å². The van der Waals surface area contributed by atoms with Gasteiger partial charge in [-0.2, -0.15) is 12.6 Å². The van der Waals surface area contributed by atoms with Crippen molar-refractivity contribution in [2.75, 3.05) is 5.75 Å². The Balaban J connectivity index is 4.57. The second-order valence-corrected chi connectivity index (χ2v) is 5.04. The average Bonchev–Trinajstić information content (AvgIpc) is 2.16. The number of hydrogen-bond donors (Lipinski definition) is 1. The Kier molecular flexibility index (Phi) is 6.75. The highest BCUT2D eigenvalue weighted by molar-refractivity contribution is 7.80. The fourth-order valence-corrected chi connectivity index (χ4v) is 2.01. The van der Waals surface area contributed by atoms with E-state index in [-0.39, 0.29) is 5.41 Å². The van der Waals surface area contributed by atoms with Crippen molar-refractivity contribution < 1.29 is 0 Å². The van der Waals surface area contributed by atoms with Crippen molar-refractivity contribution in [3.63, 3.8) is 0 Å². The van der Waals surface area contributed by atoms with Crippen LogP contribution in [0.4, 0.5) is 0 Å². The smallest absolute Gasteiger partial charge is 0.000935 e. The molecule has 0 amide bonds. The topological polar surface area (TPSA) is 0 Å². The molecule has 1 unspecified atom stereocenters. The molecule has 0 heterocycles. The summed E-state index contributed by atoms with van der Waals surface area (Å²) in [5, 5.41) is 0. The lowest BCUT2D eigenvalue weighted by Crippen LogP contribution is -2.22. The molecule has 0 saturated heterocycles. The van der Waals surface area contributed by atoms with Crippen molar-refractivity contribution in [3.8, 4) is 0 Å². The minimum atomic E-state index is 0.120. The minimum Gasteiger partial charge on any atom is -0.178 e. The van der Waals surface area contributed by atoms with Crippen molar-refractivity contribution in [2.24, 2.45) is 11.3 Å². The van der Waals surface area contributed by atoms with Crippen LogP contribution in [0.2, 0.25) is 0 Å². The largest absolute Gasteiger partial charge is 0.178 e. The van der Waals surface area contributed by atoms with Crippen LogP contribution in [-0.2, 0) is 0 Å². The van der Waals surface area contributed by atoms with Crippen molar-refractivity contribution >= 4 is 12.6 Å². The van der Waals surface area contributed by atoms with E-state index in [0.717, 1.165) is 12.2 Å². The maximum Gasteiger partial charge on any atom is 0.000935 e. The number of allylic oxidation sites excluding steroid dienone is 5. The monoisotopic (exact) mass is 224 g/mol. The third-order valence-corrected chi connectivity index (χ3v) is 3.28. The quantitative estimate of drug-likeness (QED) is 0.492. The van der Waals surface area contributed by atoms with Gasteiger partial charge in [0.05, 0.1) is 0 Å². The Labute approximate surface area is 101 Å². The summed E-state index contributed by atoms with van der Waals surface area (Å²) < 4.78 is 0. The predicted octanol–water partition coefficient (Wildman–Crippen LogP) is 4.66. The summed E-state index contributed by atoms with van der Waals surface area (Å²) in [7, 11) is 0. The van der Waals surface area contributed by atoms with Crippen LogP contribution >= 0.6 is 12.6 Å². The van der Waals surface area contributed by atoms with Gasteiger partial charge in [0, 0.05) is 5.41 Å². The van der Waals surface area contributed by atoms with Crippen LogP contribution in [0.15, 0.2) is 36.5 Å². The van der Waals surface area contributed by atoms with Gasteiger partial charge in [0.2, 0.25) is 0 Å². The second kappa shape index (κ2) is 6.95. The Morgan fingerprint density at radius 1 is 1.40 bits per heavy atom. The fraction of sp³-hybridized carbons (Fsp3) is 0.571. The highest BCUT2D eigenvalue weighted by atomic mass is 32.1. The molecule has 86 valence electrons. The molecule has 0 bridgehead atoms. The van der Waals surface area contributed by atoms with E-state index in [9.17, 15) is 0 Å². The summed E-state index contributed by atoms with van der Waals surface area (Å²) in [4.78, 5) is 0. The van der Waals surface area contributed by atoms with Crippen LogP contribution in [0, 0.1) is 11.3 Å². The molecular formula is C14H24S. The second-order valence-electron chi connectivity index (χ2n) is 4.73. The molecule has 0 rings (SSSR count). The first-order chi connectivity index (χ1) is 6.96. The molecule has 0 fully saturated rings. The van der Waals surface area contributed by atoms with Gasteiger partial charge >= 0.3 is 0 Å². The van der Waals surface area contributed by atoms with Gasteiger partial charge in [0.25, 0.3) is 0 Å². The lowest BCUT2D eigenvalue weighted by molar-refractivity contribution is 0.360. The van der Waals surface area contributed by atoms with Crippen molar-refractivity contribution in [1.82, 2.24) is 0 Å². The number of rotatable bonds is 6. The minimum absolute atomic E-state index is 0.120. The summed E-state index contributed by atoms with van der Waals surface area (Å²) in [6.07, 6.45) is 9.32. The number of thiol groups is 1. The van der Waals surface area contributed by atoms with Crippen LogP contribution in [0.25, 0.3) is 0 Å². The zero-order valence-corrected chi connectivity index (χ0v) is 11.3. The molecule has 0 aliphatic carbocycles. The summed E-state index contributed by atoms with van der Waals surface area (Å²) in [5.41, 5.74) is 1.29. The Bertz CT molecular complexity index is 248. The Morgan fingerprint density at radius 2 is 2.00 bits per heavy atom. The van der Waals surface area contributed by atoms with E-state index in [1.807, 2.05) is 25.2 Å². The van der Waals surface area contributed by atoms with E-state index in [4.69, 9.17) is 0 Å². The van der Waals surface area contributed by atoms with Gasteiger partial charge < -0.3 is 0 Å². The van der Waals surface area contributed by atoms with Gasteiger partial charge in [-0.25, -0.2) is 0 Å². The lowest BCUT2D eigenvalue weighted by Gasteiger charge is -2.30. The molecule has 0 aliphatic heterocycles.